The van der Waals surface area contributed by atoms with Gasteiger partial charge in [0.2, 0.25) is 23.6 Å². The molecular weight excluding hydrogens is 384 g/mol. The minimum Gasteiger partial charge on any atom is -0.342 e. The van der Waals surface area contributed by atoms with Crippen molar-refractivity contribution in [3.05, 3.63) is 0 Å². The summed E-state index contributed by atoms with van der Waals surface area (Å²) in [6, 6.07) is 0. The van der Waals surface area contributed by atoms with Crippen LogP contribution in [0.25, 0.3) is 0 Å². The second-order valence-corrected chi connectivity index (χ2v) is 10.6. The lowest BCUT2D eigenvalue weighted by atomic mass is 9.90. The summed E-state index contributed by atoms with van der Waals surface area (Å²) >= 11 is 0. The largest absolute Gasteiger partial charge is 0.342 e. The Morgan fingerprint density at radius 1 is 0.600 bits per heavy atom. The van der Waals surface area contributed by atoms with Gasteiger partial charge in [0.1, 0.15) is 0 Å². The molecule has 0 spiro atoms. The molecule has 2 aliphatic heterocycles. The summed E-state index contributed by atoms with van der Waals surface area (Å²) in [5.41, 5.74) is 4.28. The molecule has 0 atom stereocenters. The summed E-state index contributed by atoms with van der Waals surface area (Å²) in [6.45, 7) is 13.6. The third kappa shape index (κ3) is 6.19. The van der Waals surface area contributed by atoms with E-state index < -0.39 is 10.8 Å². The minimum absolute atomic E-state index is 0.103. The van der Waals surface area contributed by atoms with E-state index in [0.29, 0.717) is 51.9 Å². The predicted molar refractivity (Wildman–Crippen MR) is 114 cm³/mol. The highest BCUT2D eigenvalue weighted by Crippen LogP contribution is 2.25. The SMILES string of the molecule is CC(C)(C)C(=O)N1CCC(C(=O)NNC(=O)C2CCN(C(=O)C(C)(C)C)CC2)CC1. The van der Waals surface area contributed by atoms with Crippen LogP contribution in [0.15, 0.2) is 0 Å². The van der Waals surface area contributed by atoms with Crippen molar-refractivity contribution in [2.75, 3.05) is 26.2 Å². The normalized spacial score (nSPS) is 19.4. The van der Waals surface area contributed by atoms with Crippen LogP contribution in [0.4, 0.5) is 0 Å². The first-order valence-electron chi connectivity index (χ1n) is 11.0. The molecule has 2 aliphatic rings. The van der Waals surface area contributed by atoms with Crippen LogP contribution in [-0.4, -0.2) is 59.6 Å². The van der Waals surface area contributed by atoms with Crippen LogP contribution in [0.3, 0.4) is 0 Å². The molecule has 8 nitrogen and oxygen atoms in total. The minimum atomic E-state index is -0.420. The van der Waals surface area contributed by atoms with Gasteiger partial charge in [0.15, 0.2) is 0 Å². The molecule has 0 saturated carbocycles. The van der Waals surface area contributed by atoms with E-state index in [1.165, 1.54) is 0 Å². The van der Waals surface area contributed by atoms with Gasteiger partial charge in [0.05, 0.1) is 0 Å². The van der Waals surface area contributed by atoms with E-state index in [1.807, 2.05) is 51.3 Å². The topological polar surface area (TPSA) is 98.8 Å². The molecule has 0 unspecified atom stereocenters. The Bertz CT molecular complexity index is 604. The van der Waals surface area contributed by atoms with Crippen molar-refractivity contribution in [2.45, 2.75) is 67.2 Å². The van der Waals surface area contributed by atoms with Crippen molar-refractivity contribution in [3.63, 3.8) is 0 Å². The average Bonchev–Trinajstić information content (AvgIpc) is 2.69. The number of hydrogen-bond donors (Lipinski definition) is 2. The zero-order valence-electron chi connectivity index (χ0n) is 19.3. The van der Waals surface area contributed by atoms with E-state index in [4.69, 9.17) is 0 Å². The standard InChI is InChI=1S/C22H38N4O4/c1-21(2,3)19(29)25-11-7-15(8-12-25)17(27)23-24-18(28)16-9-13-26(14-10-16)20(30)22(4,5)6/h15-16H,7-14H2,1-6H3,(H,23,27)(H,24,28). The Hall–Kier alpha value is -2.12. The molecule has 0 bridgehead atoms. The average molecular weight is 423 g/mol. The maximum absolute atomic E-state index is 12.4. The van der Waals surface area contributed by atoms with Gasteiger partial charge in [-0.25, -0.2) is 0 Å². The molecule has 2 heterocycles. The van der Waals surface area contributed by atoms with Crippen molar-refractivity contribution in [1.82, 2.24) is 20.7 Å². The zero-order valence-corrected chi connectivity index (χ0v) is 19.3. The fraction of sp³-hybridized carbons (Fsp3) is 0.818. The van der Waals surface area contributed by atoms with E-state index in [0.717, 1.165) is 0 Å². The maximum Gasteiger partial charge on any atom is 0.241 e. The fourth-order valence-electron chi connectivity index (χ4n) is 3.97. The van der Waals surface area contributed by atoms with Crippen LogP contribution in [0.2, 0.25) is 0 Å². The van der Waals surface area contributed by atoms with Crippen LogP contribution in [0.5, 0.6) is 0 Å². The van der Waals surface area contributed by atoms with Crippen molar-refractivity contribution >= 4 is 23.6 Å². The Labute approximate surface area is 180 Å². The Kier molecular flexibility index (Phi) is 7.53. The third-order valence-corrected chi connectivity index (χ3v) is 5.90. The van der Waals surface area contributed by atoms with E-state index in [2.05, 4.69) is 10.9 Å². The molecule has 0 aromatic carbocycles. The number of hydrogen-bond acceptors (Lipinski definition) is 4. The molecule has 0 aliphatic carbocycles. The first-order valence-corrected chi connectivity index (χ1v) is 11.0. The Morgan fingerprint density at radius 3 is 1.10 bits per heavy atom. The number of carbonyl (C=O) groups excluding carboxylic acids is 4. The van der Waals surface area contributed by atoms with Crippen molar-refractivity contribution in [1.29, 1.82) is 0 Å². The second kappa shape index (κ2) is 9.35. The van der Waals surface area contributed by atoms with Crippen LogP contribution in [0, 0.1) is 22.7 Å². The molecule has 8 heteroatoms. The number of likely N-dealkylation sites (tertiary alicyclic amines) is 2. The number of piperidine rings is 2. The highest BCUT2D eigenvalue weighted by Gasteiger charge is 2.34. The van der Waals surface area contributed by atoms with Crippen molar-refractivity contribution in [3.8, 4) is 0 Å². The molecule has 4 amide bonds. The highest BCUT2D eigenvalue weighted by molar-refractivity contribution is 5.86. The molecule has 2 rings (SSSR count). The van der Waals surface area contributed by atoms with Crippen LogP contribution >= 0.6 is 0 Å². The quantitative estimate of drug-likeness (QED) is 0.662. The summed E-state index contributed by atoms with van der Waals surface area (Å²) in [7, 11) is 0. The molecule has 2 N–H and O–H groups in total. The Balaban J connectivity index is 1.73. The van der Waals surface area contributed by atoms with E-state index in [1.54, 1.807) is 0 Å². The molecule has 0 aromatic rings. The summed E-state index contributed by atoms with van der Waals surface area (Å²) < 4.78 is 0. The monoisotopic (exact) mass is 422 g/mol. The van der Waals surface area contributed by atoms with Crippen LogP contribution in [0.1, 0.15) is 67.2 Å². The number of rotatable bonds is 2. The summed E-state index contributed by atoms with van der Waals surface area (Å²) in [6.07, 6.45) is 2.38. The lowest BCUT2D eigenvalue weighted by Gasteiger charge is -2.36. The summed E-state index contributed by atoms with van der Waals surface area (Å²) in [5, 5.41) is 0. The molecule has 170 valence electrons. The number of carbonyl (C=O) groups is 4. The smallest absolute Gasteiger partial charge is 0.241 e. The first kappa shape index (κ1) is 24.2. The van der Waals surface area contributed by atoms with Gasteiger partial charge in [-0.1, -0.05) is 41.5 Å². The maximum atomic E-state index is 12.4. The number of hydrazine groups is 1. The van der Waals surface area contributed by atoms with Gasteiger partial charge in [-0.15, -0.1) is 0 Å². The number of nitrogens with zero attached hydrogens (tertiary/aromatic N) is 2. The summed E-state index contributed by atoms with van der Waals surface area (Å²) in [4.78, 5) is 53.2. The third-order valence-electron chi connectivity index (χ3n) is 5.90. The second-order valence-electron chi connectivity index (χ2n) is 10.6. The molecular formula is C22H38N4O4. The summed E-state index contributed by atoms with van der Waals surface area (Å²) in [5.74, 6) is -0.615. The van der Waals surface area contributed by atoms with E-state index >= 15 is 0 Å². The van der Waals surface area contributed by atoms with Crippen LogP contribution < -0.4 is 10.9 Å². The van der Waals surface area contributed by atoms with Gasteiger partial charge in [0, 0.05) is 48.8 Å². The van der Waals surface area contributed by atoms with Gasteiger partial charge >= 0.3 is 0 Å². The molecule has 2 fully saturated rings. The predicted octanol–water partition coefficient (Wildman–Crippen LogP) is 1.70. The zero-order chi connectivity index (χ0) is 22.7. The van der Waals surface area contributed by atoms with Gasteiger partial charge < -0.3 is 9.80 Å². The Morgan fingerprint density at radius 2 is 0.867 bits per heavy atom. The van der Waals surface area contributed by atoms with E-state index in [9.17, 15) is 19.2 Å². The van der Waals surface area contributed by atoms with Gasteiger partial charge in [-0.2, -0.15) is 0 Å². The fourth-order valence-corrected chi connectivity index (χ4v) is 3.97. The number of amides is 4. The van der Waals surface area contributed by atoms with Crippen LogP contribution in [-0.2, 0) is 19.2 Å². The molecule has 0 aromatic heterocycles. The number of nitrogens with one attached hydrogen (secondary N) is 2. The van der Waals surface area contributed by atoms with Gasteiger partial charge in [-0.05, 0) is 25.7 Å². The lowest BCUT2D eigenvalue weighted by molar-refractivity contribution is -0.144. The first-order chi connectivity index (χ1) is 13.8. The van der Waals surface area contributed by atoms with Gasteiger partial charge in [-0.3, -0.25) is 30.0 Å². The van der Waals surface area contributed by atoms with Crippen molar-refractivity contribution in [2.24, 2.45) is 22.7 Å². The highest BCUT2D eigenvalue weighted by atomic mass is 16.2. The van der Waals surface area contributed by atoms with Crippen molar-refractivity contribution < 1.29 is 19.2 Å². The molecule has 30 heavy (non-hydrogen) atoms. The molecule has 0 radical (unpaired) electrons. The molecule has 2 saturated heterocycles. The van der Waals surface area contributed by atoms with E-state index in [-0.39, 0.29) is 35.5 Å². The van der Waals surface area contributed by atoms with Gasteiger partial charge in [0.25, 0.3) is 0 Å². The lowest BCUT2D eigenvalue weighted by Crippen LogP contribution is -2.52.